The number of thioether (sulfide) groups is 1. The van der Waals surface area contributed by atoms with Crippen LogP contribution in [-0.2, 0) is 6.54 Å². The van der Waals surface area contributed by atoms with Crippen LogP contribution in [0.2, 0.25) is 0 Å². The zero-order valence-corrected chi connectivity index (χ0v) is 12.3. The number of benzene rings is 1. The van der Waals surface area contributed by atoms with E-state index in [1.165, 1.54) is 25.3 Å². The Morgan fingerprint density at radius 2 is 2.29 bits per heavy atom. The summed E-state index contributed by atoms with van der Waals surface area (Å²) in [5.41, 5.74) is 0.997. The van der Waals surface area contributed by atoms with Gasteiger partial charge in [0.05, 0.1) is 0 Å². The van der Waals surface area contributed by atoms with Crippen LogP contribution < -0.4 is 5.32 Å². The van der Waals surface area contributed by atoms with Crippen LogP contribution >= 0.6 is 27.7 Å². The fourth-order valence-electron chi connectivity index (χ4n) is 2.36. The summed E-state index contributed by atoms with van der Waals surface area (Å²) in [5, 5.41) is 4.26. The first kappa shape index (κ1) is 13.4. The third-order valence-electron chi connectivity index (χ3n) is 3.32. The highest BCUT2D eigenvalue weighted by molar-refractivity contribution is 9.10. The van der Waals surface area contributed by atoms with Crippen LogP contribution in [0, 0.1) is 5.82 Å². The second-order valence-electron chi connectivity index (χ2n) is 4.43. The standard InChI is InChI=1S/C13H17BrFNS/c1-17-13-4-2-3-12(13)16-8-9-7-10(15)5-6-11(9)14/h5-7,12-13,16H,2-4,8H2,1H3. The van der Waals surface area contributed by atoms with Crippen molar-refractivity contribution < 1.29 is 4.39 Å². The zero-order chi connectivity index (χ0) is 12.3. The molecular formula is C13H17BrFNS. The Labute approximate surface area is 115 Å². The van der Waals surface area contributed by atoms with Gasteiger partial charge in [-0.05, 0) is 42.9 Å². The lowest BCUT2D eigenvalue weighted by molar-refractivity contribution is 0.529. The second-order valence-corrected chi connectivity index (χ2v) is 6.36. The van der Waals surface area contributed by atoms with Gasteiger partial charge in [0.15, 0.2) is 0 Å². The van der Waals surface area contributed by atoms with E-state index in [1.807, 2.05) is 11.8 Å². The predicted octanol–water partition coefficient (Wildman–Crippen LogP) is 3.96. The maximum absolute atomic E-state index is 13.1. The van der Waals surface area contributed by atoms with E-state index in [4.69, 9.17) is 0 Å². The molecule has 0 spiro atoms. The van der Waals surface area contributed by atoms with E-state index in [-0.39, 0.29) is 5.82 Å². The molecule has 1 aromatic carbocycles. The Bertz CT molecular complexity index is 386. The highest BCUT2D eigenvalue weighted by atomic mass is 79.9. The van der Waals surface area contributed by atoms with Crippen LogP contribution in [0.15, 0.2) is 22.7 Å². The minimum absolute atomic E-state index is 0.169. The van der Waals surface area contributed by atoms with E-state index in [0.717, 1.165) is 16.6 Å². The predicted molar refractivity (Wildman–Crippen MR) is 75.9 cm³/mol. The molecule has 1 aromatic rings. The zero-order valence-electron chi connectivity index (χ0n) is 9.88. The Balaban J connectivity index is 1.95. The normalized spacial score (nSPS) is 24.2. The van der Waals surface area contributed by atoms with Crippen molar-refractivity contribution in [2.75, 3.05) is 6.26 Å². The summed E-state index contributed by atoms with van der Waals surface area (Å²) < 4.78 is 14.1. The molecule has 94 valence electrons. The highest BCUT2D eigenvalue weighted by Crippen LogP contribution is 2.29. The van der Waals surface area contributed by atoms with Gasteiger partial charge in [-0.2, -0.15) is 11.8 Å². The van der Waals surface area contributed by atoms with Gasteiger partial charge >= 0.3 is 0 Å². The van der Waals surface area contributed by atoms with Crippen molar-refractivity contribution in [2.45, 2.75) is 37.1 Å². The fraction of sp³-hybridized carbons (Fsp3) is 0.538. The van der Waals surface area contributed by atoms with E-state index in [2.05, 4.69) is 27.5 Å². The number of halogens is 2. The summed E-state index contributed by atoms with van der Waals surface area (Å²) in [6.45, 7) is 0.736. The van der Waals surface area contributed by atoms with E-state index in [9.17, 15) is 4.39 Å². The van der Waals surface area contributed by atoms with E-state index in [0.29, 0.717) is 11.3 Å². The molecule has 0 heterocycles. The van der Waals surface area contributed by atoms with Gasteiger partial charge in [0.25, 0.3) is 0 Å². The lowest BCUT2D eigenvalue weighted by atomic mass is 10.2. The van der Waals surface area contributed by atoms with Crippen molar-refractivity contribution in [2.24, 2.45) is 0 Å². The third kappa shape index (κ3) is 3.46. The minimum atomic E-state index is -0.169. The topological polar surface area (TPSA) is 12.0 Å². The maximum Gasteiger partial charge on any atom is 0.123 e. The fourth-order valence-corrected chi connectivity index (χ4v) is 3.71. The molecule has 4 heteroatoms. The second kappa shape index (κ2) is 6.21. The first-order chi connectivity index (χ1) is 8.20. The summed E-state index contributed by atoms with van der Waals surface area (Å²) in [6, 6.07) is 5.42. The highest BCUT2D eigenvalue weighted by Gasteiger charge is 2.25. The number of rotatable bonds is 4. The molecule has 0 saturated heterocycles. The molecule has 2 unspecified atom stereocenters. The first-order valence-corrected chi connectivity index (χ1v) is 7.99. The number of hydrogen-bond donors (Lipinski definition) is 1. The molecule has 0 aromatic heterocycles. The molecule has 1 N–H and O–H groups in total. The summed E-state index contributed by atoms with van der Waals surface area (Å²) >= 11 is 5.40. The van der Waals surface area contributed by atoms with Crippen molar-refractivity contribution in [1.82, 2.24) is 5.32 Å². The lowest BCUT2D eigenvalue weighted by Gasteiger charge is -2.19. The third-order valence-corrected chi connectivity index (χ3v) is 5.26. The van der Waals surface area contributed by atoms with Gasteiger partial charge in [-0.15, -0.1) is 0 Å². The molecule has 2 atom stereocenters. The van der Waals surface area contributed by atoms with Crippen LogP contribution in [0.3, 0.4) is 0 Å². The average molecular weight is 318 g/mol. The first-order valence-electron chi connectivity index (χ1n) is 5.91. The smallest absolute Gasteiger partial charge is 0.123 e. The summed E-state index contributed by atoms with van der Waals surface area (Å²) in [7, 11) is 0. The van der Waals surface area contributed by atoms with Gasteiger partial charge < -0.3 is 5.32 Å². The lowest BCUT2D eigenvalue weighted by Crippen LogP contribution is -2.33. The number of hydrogen-bond acceptors (Lipinski definition) is 2. The molecule has 1 fully saturated rings. The maximum atomic E-state index is 13.1. The molecule has 1 aliphatic carbocycles. The largest absolute Gasteiger partial charge is 0.309 e. The van der Waals surface area contributed by atoms with Crippen LogP contribution in [0.1, 0.15) is 24.8 Å². The van der Waals surface area contributed by atoms with E-state index < -0.39 is 0 Å². The molecule has 0 bridgehead atoms. The molecule has 17 heavy (non-hydrogen) atoms. The number of nitrogens with one attached hydrogen (secondary N) is 1. The van der Waals surface area contributed by atoms with Crippen molar-refractivity contribution in [3.05, 3.63) is 34.1 Å². The summed E-state index contributed by atoms with van der Waals surface area (Å²) in [4.78, 5) is 0. The van der Waals surface area contributed by atoms with Gasteiger partial charge in [-0.1, -0.05) is 22.4 Å². The molecule has 2 rings (SSSR count). The quantitative estimate of drug-likeness (QED) is 0.902. The Morgan fingerprint density at radius 1 is 1.47 bits per heavy atom. The molecule has 0 aliphatic heterocycles. The average Bonchev–Trinajstić information content (AvgIpc) is 2.77. The molecule has 0 amide bonds. The molecule has 1 saturated carbocycles. The van der Waals surface area contributed by atoms with Gasteiger partial charge in [0.1, 0.15) is 5.82 Å². The van der Waals surface area contributed by atoms with Crippen molar-refractivity contribution in [1.29, 1.82) is 0 Å². The minimum Gasteiger partial charge on any atom is -0.309 e. The van der Waals surface area contributed by atoms with Crippen molar-refractivity contribution >= 4 is 27.7 Å². The SMILES string of the molecule is CSC1CCCC1NCc1cc(F)ccc1Br. The monoisotopic (exact) mass is 317 g/mol. The van der Waals surface area contributed by atoms with Gasteiger partial charge in [-0.25, -0.2) is 4.39 Å². The van der Waals surface area contributed by atoms with Crippen molar-refractivity contribution in [3.8, 4) is 0 Å². The van der Waals surface area contributed by atoms with Gasteiger partial charge in [0, 0.05) is 22.3 Å². The molecule has 0 radical (unpaired) electrons. The van der Waals surface area contributed by atoms with Crippen LogP contribution in [0.5, 0.6) is 0 Å². The summed E-state index contributed by atoms with van der Waals surface area (Å²) in [5.74, 6) is -0.169. The van der Waals surface area contributed by atoms with Gasteiger partial charge in [0.2, 0.25) is 0 Å². The molecular weight excluding hydrogens is 301 g/mol. The van der Waals surface area contributed by atoms with Crippen molar-refractivity contribution in [3.63, 3.8) is 0 Å². The van der Waals surface area contributed by atoms with E-state index >= 15 is 0 Å². The molecule has 1 aliphatic rings. The van der Waals surface area contributed by atoms with E-state index in [1.54, 1.807) is 12.1 Å². The Hall–Kier alpha value is -0.0600. The Kier molecular flexibility index (Phi) is 4.88. The van der Waals surface area contributed by atoms with Crippen LogP contribution in [0.25, 0.3) is 0 Å². The summed E-state index contributed by atoms with van der Waals surface area (Å²) in [6.07, 6.45) is 6.00. The Morgan fingerprint density at radius 3 is 3.06 bits per heavy atom. The van der Waals surface area contributed by atoms with Gasteiger partial charge in [-0.3, -0.25) is 0 Å². The molecule has 1 nitrogen and oxygen atoms in total. The van der Waals surface area contributed by atoms with Crippen LogP contribution in [-0.4, -0.2) is 17.5 Å². The van der Waals surface area contributed by atoms with Crippen LogP contribution in [0.4, 0.5) is 4.39 Å².